The Morgan fingerprint density at radius 3 is 2.55 bits per heavy atom. The van der Waals surface area contributed by atoms with Crippen molar-refractivity contribution in [2.24, 2.45) is 0 Å². The van der Waals surface area contributed by atoms with E-state index in [1.165, 1.54) is 0 Å². The van der Waals surface area contributed by atoms with Gasteiger partial charge in [-0.15, -0.1) is 0 Å². The van der Waals surface area contributed by atoms with Crippen molar-refractivity contribution >= 4 is 17.5 Å². The third kappa shape index (κ3) is 2.68. The Morgan fingerprint density at radius 1 is 1.18 bits per heavy atom. The van der Waals surface area contributed by atoms with Gasteiger partial charge in [-0.2, -0.15) is 0 Å². The number of carboxylic acids is 1. The molecule has 1 aliphatic carbocycles. The molecule has 2 heterocycles. The Labute approximate surface area is 128 Å². The Bertz CT molecular complexity index is 666. The lowest BCUT2D eigenvalue weighted by Crippen LogP contribution is -2.54. The average molecular weight is 301 g/mol. The molecule has 116 valence electrons. The van der Waals surface area contributed by atoms with Crippen LogP contribution in [0.3, 0.4) is 0 Å². The molecule has 1 saturated carbocycles. The first-order chi connectivity index (χ1) is 10.6. The minimum absolute atomic E-state index is 0.246. The van der Waals surface area contributed by atoms with E-state index in [9.17, 15) is 14.7 Å². The average Bonchev–Trinajstić information content (AvgIpc) is 2.80. The fraction of sp³-hybridized carbons (Fsp3) is 0.438. The van der Waals surface area contributed by atoms with E-state index >= 15 is 0 Å². The van der Waals surface area contributed by atoms with E-state index in [1.54, 1.807) is 22.9 Å². The van der Waals surface area contributed by atoms with Crippen LogP contribution in [0.25, 0.3) is 5.65 Å². The van der Waals surface area contributed by atoms with Crippen LogP contribution in [0.1, 0.15) is 49.0 Å². The summed E-state index contributed by atoms with van der Waals surface area (Å²) in [5.41, 5.74) is -0.252. The molecule has 0 radical (unpaired) electrons. The molecule has 0 spiro atoms. The number of nitrogens with one attached hydrogen (secondary N) is 1. The topological polar surface area (TPSA) is 83.7 Å². The lowest BCUT2D eigenvalue weighted by atomic mass is 9.90. The first-order valence-corrected chi connectivity index (χ1v) is 7.60. The molecule has 2 aromatic rings. The van der Waals surface area contributed by atoms with Crippen LogP contribution < -0.4 is 5.32 Å². The highest BCUT2D eigenvalue weighted by atomic mass is 16.4. The number of carboxylic acid groups (broad SMARTS) is 1. The summed E-state index contributed by atoms with van der Waals surface area (Å²) in [5, 5.41) is 12.3. The number of carbonyl (C=O) groups is 2. The van der Waals surface area contributed by atoms with Gasteiger partial charge in [0.15, 0.2) is 0 Å². The molecular formula is C16H19N3O3. The summed E-state index contributed by atoms with van der Waals surface area (Å²) in [5.74, 6) is -1.38. The largest absolute Gasteiger partial charge is 0.480 e. The van der Waals surface area contributed by atoms with Gasteiger partial charge in [-0.25, -0.2) is 9.78 Å². The fourth-order valence-corrected chi connectivity index (χ4v) is 3.05. The van der Waals surface area contributed by atoms with Gasteiger partial charge in [0, 0.05) is 12.4 Å². The molecule has 1 amide bonds. The maximum absolute atomic E-state index is 12.5. The van der Waals surface area contributed by atoms with E-state index in [-0.39, 0.29) is 5.69 Å². The molecule has 2 N–H and O–H groups in total. The molecule has 1 aliphatic rings. The van der Waals surface area contributed by atoms with Crippen molar-refractivity contribution in [1.29, 1.82) is 0 Å². The summed E-state index contributed by atoms with van der Waals surface area (Å²) in [4.78, 5) is 28.4. The maximum atomic E-state index is 12.5. The van der Waals surface area contributed by atoms with Gasteiger partial charge in [0.25, 0.3) is 5.91 Å². The molecule has 6 heteroatoms. The van der Waals surface area contributed by atoms with Gasteiger partial charge in [0.1, 0.15) is 16.9 Å². The number of nitrogens with zero attached hydrogens (tertiary/aromatic N) is 2. The highest BCUT2D eigenvalue weighted by Crippen LogP contribution is 2.28. The van der Waals surface area contributed by atoms with E-state index in [0.29, 0.717) is 18.5 Å². The van der Waals surface area contributed by atoms with Crippen LogP contribution >= 0.6 is 0 Å². The van der Waals surface area contributed by atoms with Crippen molar-refractivity contribution in [3.05, 3.63) is 36.3 Å². The molecule has 0 saturated heterocycles. The number of imidazole rings is 1. The number of carbonyl (C=O) groups excluding carboxylic acids is 1. The first kappa shape index (κ1) is 14.6. The van der Waals surface area contributed by atoms with Gasteiger partial charge in [-0.05, 0) is 25.0 Å². The lowest BCUT2D eigenvalue weighted by Gasteiger charge is -2.28. The molecular weight excluding hydrogens is 282 g/mol. The number of amides is 1. The smallest absolute Gasteiger partial charge is 0.329 e. The van der Waals surface area contributed by atoms with Crippen molar-refractivity contribution < 1.29 is 14.7 Å². The predicted octanol–water partition coefficient (Wildman–Crippen LogP) is 2.24. The highest BCUT2D eigenvalue weighted by Gasteiger charge is 2.40. The molecule has 0 bridgehead atoms. The summed E-state index contributed by atoms with van der Waals surface area (Å²) in [7, 11) is 0. The van der Waals surface area contributed by atoms with Crippen molar-refractivity contribution in [3.8, 4) is 0 Å². The van der Waals surface area contributed by atoms with Gasteiger partial charge < -0.3 is 14.8 Å². The second-order valence-corrected chi connectivity index (χ2v) is 5.85. The Kier molecular flexibility index (Phi) is 3.83. The van der Waals surface area contributed by atoms with E-state index in [4.69, 9.17) is 0 Å². The van der Waals surface area contributed by atoms with Gasteiger partial charge in [-0.3, -0.25) is 4.79 Å². The molecule has 0 unspecified atom stereocenters. The van der Waals surface area contributed by atoms with Crippen LogP contribution in [0.2, 0.25) is 0 Å². The van der Waals surface area contributed by atoms with E-state index in [0.717, 1.165) is 25.7 Å². The second kappa shape index (κ2) is 5.79. The van der Waals surface area contributed by atoms with Gasteiger partial charge in [0.05, 0.1) is 0 Å². The number of aromatic nitrogens is 2. The third-order valence-electron chi connectivity index (χ3n) is 4.32. The number of hydrogen-bond donors (Lipinski definition) is 2. The number of rotatable bonds is 3. The third-order valence-corrected chi connectivity index (χ3v) is 4.32. The quantitative estimate of drug-likeness (QED) is 0.852. The molecule has 0 atom stereocenters. The van der Waals surface area contributed by atoms with Crippen molar-refractivity contribution in [2.45, 2.75) is 44.1 Å². The number of fused-ring (bicyclic) bond motifs is 1. The molecule has 3 rings (SSSR count). The zero-order chi connectivity index (χ0) is 15.6. The van der Waals surface area contributed by atoms with Crippen LogP contribution in [0, 0.1) is 0 Å². The number of hydrogen-bond acceptors (Lipinski definition) is 3. The summed E-state index contributed by atoms with van der Waals surface area (Å²) in [6, 6.07) is 5.49. The predicted molar refractivity (Wildman–Crippen MR) is 80.7 cm³/mol. The molecule has 6 nitrogen and oxygen atoms in total. The van der Waals surface area contributed by atoms with E-state index in [1.807, 2.05) is 12.1 Å². The highest BCUT2D eigenvalue weighted by molar-refractivity contribution is 5.96. The zero-order valence-corrected chi connectivity index (χ0v) is 12.3. The summed E-state index contributed by atoms with van der Waals surface area (Å²) < 4.78 is 1.75. The molecule has 0 aromatic carbocycles. The normalized spacial score (nSPS) is 17.8. The molecule has 1 fully saturated rings. The van der Waals surface area contributed by atoms with E-state index < -0.39 is 17.4 Å². The number of pyridine rings is 1. The minimum Gasteiger partial charge on any atom is -0.480 e. The lowest BCUT2D eigenvalue weighted by molar-refractivity contribution is -0.145. The summed E-state index contributed by atoms with van der Waals surface area (Å²) >= 11 is 0. The van der Waals surface area contributed by atoms with Crippen LogP contribution in [0.15, 0.2) is 30.6 Å². The standard InChI is InChI=1S/C16H19N3O3/c20-14(12-11-19-10-6-3-7-13(19)17-12)18-16(15(21)22)8-4-1-2-5-9-16/h3,6-7,10-11H,1-2,4-5,8-9H2,(H,18,20)(H,21,22). The summed E-state index contributed by atoms with van der Waals surface area (Å²) in [6.07, 6.45) is 8.03. The van der Waals surface area contributed by atoms with Crippen molar-refractivity contribution in [3.63, 3.8) is 0 Å². The monoisotopic (exact) mass is 301 g/mol. The van der Waals surface area contributed by atoms with Gasteiger partial charge in [0.2, 0.25) is 0 Å². The van der Waals surface area contributed by atoms with Crippen LogP contribution in [-0.4, -0.2) is 31.9 Å². The Balaban J connectivity index is 1.85. The second-order valence-electron chi connectivity index (χ2n) is 5.85. The van der Waals surface area contributed by atoms with Gasteiger partial charge in [-0.1, -0.05) is 31.7 Å². The van der Waals surface area contributed by atoms with Crippen LogP contribution in [-0.2, 0) is 4.79 Å². The van der Waals surface area contributed by atoms with Gasteiger partial charge >= 0.3 is 5.97 Å². The molecule has 0 aliphatic heterocycles. The van der Waals surface area contributed by atoms with Crippen LogP contribution in [0.5, 0.6) is 0 Å². The molecule has 22 heavy (non-hydrogen) atoms. The zero-order valence-electron chi connectivity index (χ0n) is 12.3. The molecule has 2 aromatic heterocycles. The SMILES string of the molecule is O=C(NC1(C(=O)O)CCCCCC1)c1cn2ccccc2n1. The van der Waals surface area contributed by atoms with E-state index in [2.05, 4.69) is 10.3 Å². The van der Waals surface area contributed by atoms with Crippen LogP contribution in [0.4, 0.5) is 0 Å². The Hall–Kier alpha value is -2.37. The fourth-order valence-electron chi connectivity index (χ4n) is 3.05. The Morgan fingerprint density at radius 2 is 1.91 bits per heavy atom. The first-order valence-electron chi connectivity index (χ1n) is 7.60. The number of aliphatic carboxylic acids is 1. The minimum atomic E-state index is -1.16. The summed E-state index contributed by atoms with van der Waals surface area (Å²) in [6.45, 7) is 0. The van der Waals surface area contributed by atoms with Crippen molar-refractivity contribution in [1.82, 2.24) is 14.7 Å². The maximum Gasteiger partial charge on any atom is 0.329 e. The van der Waals surface area contributed by atoms with Crippen molar-refractivity contribution in [2.75, 3.05) is 0 Å².